The van der Waals surface area contributed by atoms with Gasteiger partial charge in [0.25, 0.3) is 0 Å². The molecule has 100 valence electrons. The minimum atomic E-state index is -0.887. The van der Waals surface area contributed by atoms with Crippen LogP contribution in [0.3, 0.4) is 0 Å². The number of carboxylic acids is 1. The Kier molecular flexibility index (Phi) is 4.54. The van der Waals surface area contributed by atoms with Gasteiger partial charge < -0.3 is 9.84 Å². The van der Waals surface area contributed by atoms with Crippen LogP contribution in [-0.4, -0.2) is 18.2 Å². The second-order valence-corrected chi connectivity index (χ2v) is 5.04. The lowest BCUT2D eigenvalue weighted by molar-refractivity contribution is -0.139. The van der Waals surface area contributed by atoms with Crippen molar-refractivity contribution >= 4 is 17.3 Å². The van der Waals surface area contributed by atoms with Crippen molar-refractivity contribution in [2.24, 2.45) is 0 Å². The molecule has 0 spiro atoms. The number of ether oxygens (including phenoxy) is 1. The summed E-state index contributed by atoms with van der Waals surface area (Å²) in [6.07, 6.45) is 0. The average molecular weight is 277 g/mol. The summed E-state index contributed by atoms with van der Waals surface area (Å²) in [6.45, 7) is 0.542. The predicted molar refractivity (Wildman–Crippen MR) is 74.5 cm³/mol. The summed E-state index contributed by atoms with van der Waals surface area (Å²) < 4.78 is 5.06. The van der Waals surface area contributed by atoms with Crippen molar-refractivity contribution in [3.05, 3.63) is 52.2 Å². The third kappa shape index (κ3) is 3.56. The number of aliphatic carboxylic acids is 1. The second kappa shape index (κ2) is 6.36. The van der Waals surface area contributed by atoms with Crippen molar-refractivity contribution in [3.63, 3.8) is 0 Å². The molecule has 1 aromatic heterocycles. The molecule has 2 aromatic rings. The molecule has 1 atom stereocenters. The van der Waals surface area contributed by atoms with Crippen LogP contribution in [0.25, 0.3) is 0 Å². The van der Waals surface area contributed by atoms with Gasteiger partial charge in [-0.1, -0.05) is 18.2 Å². The van der Waals surface area contributed by atoms with Gasteiger partial charge in [-0.25, -0.2) is 0 Å². The Morgan fingerprint density at radius 1 is 1.37 bits per heavy atom. The van der Waals surface area contributed by atoms with E-state index in [9.17, 15) is 9.90 Å². The molecule has 2 N–H and O–H groups in total. The molecule has 0 amide bonds. The standard InChI is InChI=1S/C14H15NO3S/c1-18-11-6-4-10(5-7-11)13(14(16)17)15-9-12-3-2-8-19-12/h2-8,13,15H,9H2,1H3,(H,16,17). The van der Waals surface area contributed by atoms with Gasteiger partial charge >= 0.3 is 5.97 Å². The highest BCUT2D eigenvalue weighted by Gasteiger charge is 2.19. The largest absolute Gasteiger partial charge is 0.497 e. The lowest BCUT2D eigenvalue weighted by Gasteiger charge is -2.14. The molecule has 0 bridgehead atoms. The summed E-state index contributed by atoms with van der Waals surface area (Å²) in [5, 5.41) is 14.3. The molecule has 4 nitrogen and oxygen atoms in total. The third-order valence-electron chi connectivity index (χ3n) is 2.76. The fraction of sp³-hybridized carbons (Fsp3) is 0.214. The van der Waals surface area contributed by atoms with Gasteiger partial charge in [0.05, 0.1) is 7.11 Å². The molecule has 2 rings (SSSR count). The number of carboxylic acid groups (broad SMARTS) is 1. The van der Waals surface area contributed by atoms with Gasteiger partial charge in [0.15, 0.2) is 0 Å². The molecule has 19 heavy (non-hydrogen) atoms. The molecular weight excluding hydrogens is 262 g/mol. The molecule has 0 saturated carbocycles. The zero-order valence-corrected chi connectivity index (χ0v) is 11.3. The van der Waals surface area contributed by atoms with E-state index in [1.54, 1.807) is 42.7 Å². The maximum Gasteiger partial charge on any atom is 0.325 e. The van der Waals surface area contributed by atoms with Crippen LogP contribution in [0.15, 0.2) is 41.8 Å². The summed E-state index contributed by atoms with van der Waals surface area (Å²) in [5.74, 6) is -0.173. The Morgan fingerprint density at radius 2 is 2.11 bits per heavy atom. The summed E-state index contributed by atoms with van der Waals surface area (Å²) >= 11 is 1.60. The Balaban J connectivity index is 2.08. The predicted octanol–water partition coefficient (Wildman–Crippen LogP) is 2.67. The first-order chi connectivity index (χ1) is 9.20. The topological polar surface area (TPSA) is 58.6 Å². The van der Waals surface area contributed by atoms with Crippen LogP contribution in [0, 0.1) is 0 Å². The van der Waals surface area contributed by atoms with E-state index >= 15 is 0 Å². The smallest absolute Gasteiger partial charge is 0.325 e. The van der Waals surface area contributed by atoms with E-state index in [0.717, 1.165) is 4.88 Å². The van der Waals surface area contributed by atoms with Gasteiger partial charge in [0.1, 0.15) is 11.8 Å². The van der Waals surface area contributed by atoms with E-state index in [-0.39, 0.29) is 0 Å². The highest BCUT2D eigenvalue weighted by molar-refractivity contribution is 7.09. The summed E-state index contributed by atoms with van der Waals surface area (Å²) in [5.41, 5.74) is 0.713. The number of rotatable bonds is 6. The van der Waals surface area contributed by atoms with Crippen LogP contribution in [0.1, 0.15) is 16.5 Å². The first-order valence-electron chi connectivity index (χ1n) is 5.83. The van der Waals surface area contributed by atoms with Crippen LogP contribution >= 0.6 is 11.3 Å². The van der Waals surface area contributed by atoms with Crippen LogP contribution in [0.5, 0.6) is 5.75 Å². The zero-order valence-electron chi connectivity index (χ0n) is 10.5. The minimum Gasteiger partial charge on any atom is -0.497 e. The van der Waals surface area contributed by atoms with Crippen molar-refractivity contribution in [2.45, 2.75) is 12.6 Å². The fourth-order valence-electron chi connectivity index (χ4n) is 1.76. The van der Waals surface area contributed by atoms with Gasteiger partial charge in [-0.3, -0.25) is 10.1 Å². The maximum atomic E-state index is 11.3. The van der Waals surface area contributed by atoms with Crippen LogP contribution in [0.2, 0.25) is 0 Å². The molecule has 1 aromatic carbocycles. The monoisotopic (exact) mass is 277 g/mol. The van der Waals surface area contributed by atoms with Crippen LogP contribution in [-0.2, 0) is 11.3 Å². The van der Waals surface area contributed by atoms with Gasteiger partial charge in [-0.05, 0) is 29.1 Å². The van der Waals surface area contributed by atoms with E-state index in [1.807, 2.05) is 17.5 Å². The minimum absolute atomic E-state index is 0.542. The Bertz CT molecular complexity index is 522. The molecular formula is C14H15NO3S. The number of thiophene rings is 1. The van der Waals surface area contributed by atoms with Crippen molar-refractivity contribution in [3.8, 4) is 5.75 Å². The summed E-state index contributed by atoms with van der Waals surface area (Å²) in [6, 6.07) is 10.3. The van der Waals surface area contributed by atoms with Crippen molar-refractivity contribution in [1.82, 2.24) is 5.32 Å². The first-order valence-corrected chi connectivity index (χ1v) is 6.71. The fourth-order valence-corrected chi connectivity index (χ4v) is 2.42. The second-order valence-electron chi connectivity index (χ2n) is 4.00. The number of benzene rings is 1. The van der Waals surface area contributed by atoms with E-state index in [1.165, 1.54) is 0 Å². The van der Waals surface area contributed by atoms with E-state index in [0.29, 0.717) is 17.9 Å². The molecule has 0 fully saturated rings. The van der Waals surface area contributed by atoms with Gasteiger partial charge in [0.2, 0.25) is 0 Å². The van der Waals surface area contributed by atoms with Gasteiger partial charge in [-0.2, -0.15) is 0 Å². The quantitative estimate of drug-likeness (QED) is 0.852. The Hall–Kier alpha value is -1.85. The van der Waals surface area contributed by atoms with Crippen molar-refractivity contribution < 1.29 is 14.6 Å². The lowest BCUT2D eigenvalue weighted by Crippen LogP contribution is -2.27. The number of methoxy groups -OCH3 is 1. The molecule has 1 unspecified atom stereocenters. The molecule has 1 heterocycles. The highest BCUT2D eigenvalue weighted by atomic mass is 32.1. The van der Waals surface area contributed by atoms with Gasteiger partial charge in [-0.15, -0.1) is 11.3 Å². The average Bonchev–Trinajstić information content (AvgIpc) is 2.92. The number of hydrogen-bond acceptors (Lipinski definition) is 4. The van der Waals surface area contributed by atoms with Crippen molar-refractivity contribution in [2.75, 3.05) is 7.11 Å². The highest BCUT2D eigenvalue weighted by Crippen LogP contribution is 2.19. The molecule has 0 aliphatic rings. The number of carbonyl (C=O) groups is 1. The Labute approximate surface area is 115 Å². The molecule has 5 heteroatoms. The molecule has 0 radical (unpaired) electrons. The van der Waals surface area contributed by atoms with E-state index in [4.69, 9.17) is 4.74 Å². The summed E-state index contributed by atoms with van der Waals surface area (Å²) in [4.78, 5) is 12.4. The lowest BCUT2D eigenvalue weighted by atomic mass is 10.1. The third-order valence-corrected chi connectivity index (χ3v) is 3.63. The van der Waals surface area contributed by atoms with Gasteiger partial charge in [0, 0.05) is 11.4 Å². The normalized spacial score (nSPS) is 12.1. The van der Waals surface area contributed by atoms with Crippen LogP contribution < -0.4 is 10.1 Å². The molecule has 0 saturated heterocycles. The molecule has 0 aliphatic carbocycles. The first kappa shape index (κ1) is 13.6. The van der Waals surface area contributed by atoms with E-state index in [2.05, 4.69) is 5.32 Å². The number of hydrogen-bond donors (Lipinski definition) is 2. The Morgan fingerprint density at radius 3 is 2.63 bits per heavy atom. The summed E-state index contributed by atoms with van der Waals surface area (Å²) in [7, 11) is 1.58. The zero-order chi connectivity index (χ0) is 13.7. The van der Waals surface area contributed by atoms with E-state index < -0.39 is 12.0 Å². The SMILES string of the molecule is COc1ccc(C(NCc2cccs2)C(=O)O)cc1. The van der Waals surface area contributed by atoms with Crippen molar-refractivity contribution in [1.29, 1.82) is 0 Å². The molecule has 0 aliphatic heterocycles. The van der Waals surface area contributed by atoms with Crippen LogP contribution in [0.4, 0.5) is 0 Å². The number of nitrogens with one attached hydrogen (secondary N) is 1. The maximum absolute atomic E-state index is 11.3.